The van der Waals surface area contributed by atoms with E-state index in [0.717, 1.165) is 25.1 Å². The lowest BCUT2D eigenvalue weighted by molar-refractivity contribution is -0.113. The lowest BCUT2D eigenvalue weighted by Crippen LogP contribution is -2.60. The minimum Gasteiger partial charge on any atom is -0.378 e. The van der Waals surface area contributed by atoms with Crippen LogP contribution in [0.3, 0.4) is 0 Å². The van der Waals surface area contributed by atoms with Gasteiger partial charge < -0.3 is 10.1 Å². The summed E-state index contributed by atoms with van der Waals surface area (Å²) < 4.78 is 5.72. The minimum atomic E-state index is 0.213. The lowest BCUT2D eigenvalue weighted by Gasteiger charge is -2.51. The van der Waals surface area contributed by atoms with Crippen molar-refractivity contribution >= 4 is 0 Å². The number of rotatable bonds is 4. The van der Waals surface area contributed by atoms with Crippen LogP contribution in [0.1, 0.15) is 32.8 Å². The van der Waals surface area contributed by atoms with Gasteiger partial charge in [-0.05, 0) is 25.5 Å². The Labute approximate surface area is 116 Å². The Bertz CT molecular complexity index is 455. The Morgan fingerprint density at radius 3 is 2.68 bits per heavy atom. The molecule has 0 spiro atoms. The van der Waals surface area contributed by atoms with Crippen molar-refractivity contribution in [1.82, 2.24) is 5.32 Å². The molecule has 2 atom stereocenters. The van der Waals surface area contributed by atoms with Crippen molar-refractivity contribution in [3.63, 3.8) is 0 Å². The molecule has 0 radical (unpaired) electrons. The zero-order valence-corrected chi connectivity index (χ0v) is 12.1. The maximum absolute atomic E-state index is 5.72. The number of nitrogens with one attached hydrogen (secondary N) is 1. The first kappa shape index (κ1) is 14.1. The molecule has 0 aromatic heterocycles. The third-order valence-corrected chi connectivity index (χ3v) is 3.99. The number of benzene rings is 1. The molecule has 0 heterocycles. The second-order valence-corrected chi connectivity index (χ2v) is 5.60. The number of ether oxygens (including phenoxy) is 1. The highest BCUT2D eigenvalue weighted by atomic mass is 16.5. The molecule has 0 aliphatic heterocycles. The summed E-state index contributed by atoms with van der Waals surface area (Å²) in [5.74, 6) is 6.35. The van der Waals surface area contributed by atoms with Crippen LogP contribution < -0.4 is 5.32 Å². The summed E-state index contributed by atoms with van der Waals surface area (Å²) in [6, 6.07) is 10.6. The zero-order chi connectivity index (χ0) is 13.7. The first-order valence-electron chi connectivity index (χ1n) is 7.03. The fraction of sp³-hybridized carbons (Fsp3) is 0.529. The van der Waals surface area contributed by atoms with E-state index in [1.807, 2.05) is 30.3 Å². The van der Waals surface area contributed by atoms with Crippen LogP contribution in [0.5, 0.6) is 0 Å². The minimum absolute atomic E-state index is 0.213. The molecule has 1 fully saturated rings. The van der Waals surface area contributed by atoms with E-state index in [1.54, 1.807) is 0 Å². The molecule has 0 saturated heterocycles. The lowest BCUT2D eigenvalue weighted by atomic mass is 9.64. The van der Waals surface area contributed by atoms with Crippen LogP contribution in [0.4, 0.5) is 0 Å². The molecule has 1 aliphatic rings. The van der Waals surface area contributed by atoms with Crippen molar-refractivity contribution in [3.8, 4) is 11.8 Å². The first-order chi connectivity index (χ1) is 9.14. The van der Waals surface area contributed by atoms with Crippen molar-refractivity contribution in [2.45, 2.75) is 39.3 Å². The van der Waals surface area contributed by atoms with Crippen LogP contribution in [0, 0.1) is 17.3 Å². The average Bonchev–Trinajstić information content (AvgIpc) is 2.42. The average molecular weight is 257 g/mol. The van der Waals surface area contributed by atoms with E-state index in [4.69, 9.17) is 4.74 Å². The number of hydrogen-bond acceptors (Lipinski definition) is 2. The maximum atomic E-state index is 5.72. The van der Waals surface area contributed by atoms with Gasteiger partial charge in [-0.15, -0.1) is 0 Å². The van der Waals surface area contributed by atoms with Crippen molar-refractivity contribution in [3.05, 3.63) is 35.9 Å². The van der Waals surface area contributed by atoms with Crippen LogP contribution in [0.15, 0.2) is 30.3 Å². The standard InChI is InChI=1S/C17H23NO/c1-4-19-16-13-15(17(16,2)3)18-12-8-11-14-9-6-5-7-10-14/h5-7,9-10,15-16,18H,4,12-13H2,1-3H3. The smallest absolute Gasteiger partial charge is 0.0655 e. The van der Waals surface area contributed by atoms with E-state index in [0.29, 0.717) is 12.1 Å². The maximum Gasteiger partial charge on any atom is 0.0655 e. The van der Waals surface area contributed by atoms with E-state index in [9.17, 15) is 0 Å². The van der Waals surface area contributed by atoms with Gasteiger partial charge >= 0.3 is 0 Å². The summed E-state index contributed by atoms with van der Waals surface area (Å²) in [7, 11) is 0. The largest absolute Gasteiger partial charge is 0.378 e. The highest BCUT2D eigenvalue weighted by Gasteiger charge is 2.48. The van der Waals surface area contributed by atoms with Gasteiger partial charge in [0.05, 0.1) is 12.6 Å². The van der Waals surface area contributed by atoms with Crippen molar-refractivity contribution in [1.29, 1.82) is 0 Å². The monoisotopic (exact) mass is 257 g/mol. The van der Waals surface area contributed by atoms with Gasteiger partial charge in [0, 0.05) is 23.6 Å². The first-order valence-corrected chi connectivity index (χ1v) is 7.03. The van der Waals surface area contributed by atoms with Gasteiger partial charge in [0.25, 0.3) is 0 Å². The van der Waals surface area contributed by atoms with E-state index >= 15 is 0 Å². The van der Waals surface area contributed by atoms with Crippen molar-refractivity contribution < 1.29 is 4.74 Å². The number of hydrogen-bond donors (Lipinski definition) is 1. The molecule has 0 amide bonds. The quantitative estimate of drug-likeness (QED) is 0.838. The predicted octanol–water partition coefficient (Wildman–Crippen LogP) is 2.83. The van der Waals surface area contributed by atoms with Gasteiger partial charge in [-0.3, -0.25) is 0 Å². The van der Waals surface area contributed by atoms with Crippen molar-refractivity contribution in [2.75, 3.05) is 13.2 Å². The van der Waals surface area contributed by atoms with Crippen LogP contribution in [-0.2, 0) is 4.74 Å². The van der Waals surface area contributed by atoms with E-state index in [1.165, 1.54) is 0 Å². The van der Waals surface area contributed by atoms with E-state index < -0.39 is 0 Å². The van der Waals surface area contributed by atoms with Crippen LogP contribution >= 0.6 is 0 Å². The predicted molar refractivity (Wildman–Crippen MR) is 78.9 cm³/mol. The summed E-state index contributed by atoms with van der Waals surface area (Å²) in [6.07, 6.45) is 1.48. The molecule has 2 heteroatoms. The zero-order valence-electron chi connectivity index (χ0n) is 12.1. The molecule has 2 rings (SSSR count). The second kappa shape index (κ2) is 6.23. The van der Waals surface area contributed by atoms with E-state index in [-0.39, 0.29) is 5.41 Å². The molecule has 2 unspecified atom stereocenters. The van der Waals surface area contributed by atoms with Gasteiger partial charge in [0.15, 0.2) is 0 Å². The van der Waals surface area contributed by atoms with Gasteiger partial charge in [0.2, 0.25) is 0 Å². The molecule has 2 nitrogen and oxygen atoms in total. The Morgan fingerprint density at radius 1 is 1.32 bits per heavy atom. The molecule has 1 aromatic rings. The van der Waals surface area contributed by atoms with Gasteiger partial charge in [-0.25, -0.2) is 0 Å². The molecule has 102 valence electrons. The molecule has 1 aromatic carbocycles. The van der Waals surface area contributed by atoms with Crippen LogP contribution in [-0.4, -0.2) is 25.3 Å². The molecule has 0 bridgehead atoms. The van der Waals surface area contributed by atoms with Gasteiger partial charge in [-0.2, -0.15) is 0 Å². The Balaban J connectivity index is 1.78. The molecular weight excluding hydrogens is 234 g/mol. The Kier molecular flexibility index (Phi) is 4.63. The van der Waals surface area contributed by atoms with Gasteiger partial charge in [-0.1, -0.05) is 43.9 Å². The fourth-order valence-corrected chi connectivity index (χ4v) is 2.56. The molecule has 1 saturated carbocycles. The molecule has 19 heavy (non-hydrogen) atoms. The van der Waals surface area contributed by atoms with Crippen molar-refractivity contribution in [2.24, 2.45) is 5.41 Å². The van der Waals surface area contributed by atoms with Gasteiger partial charge in [0.1, 0.15) is 0 Å². The van der Waals surface area contributed by atoms with Crippen LogP contribution in [0.25, 0.3) is 0 Å². The Hall–Kier alpha value is -1.30. The molecular formula is C17H23NO. The SMILES string of the molecule is CCOC1CC(NCC#Cc2ccccc2)C1(C)C. The highest BCUT2D eigenvalue weighted by Crippen LogP contribution is 2.42. The summed E-state index contributed by atoms with van der Waals surface area (Å²) in [5, 5.41) is 3.51. The normalized spacial score (nSPS) is 24.2. The van der Waals surface area contributed by atoms with Crippen LogP contribution in [0.2, 0.25) is 0 Å². The fourth-order valence-electron chi connectivity index (χ4n) is 2.56. The molecule has 1 aliphatic carbocycles. The summed E-state index contributed by atoms with van der Waals surface area (Å²) in [6.45, 7) is 8.12. The third kappa shape index (κ3) is 3.37. The highest BCUT2D eigenvalue weighted by molar-refractivity contribution is 5.33. The third-order valence-electron chi connectivity index (χ3n) is 3.99. The Morgan fingerprint density at radius 2 is 2.05 bits per heavy atom. The summed E-state index contributed by atoms with van der Waals surface area (Å²) >= 11 is 0. The second-order valence-electron chi connectivity index (χ2n) is 5.60. The summed E-state index contributed by atoms with van der Waals surface area (Å²) in [5.41, 5.74) is 1.29. The molecule has 1 N–H and O–H groups in total. The summed E-state index contributed by atoms with van der Waals surface area (Å²) in [4.78, 5) is 0. The topological polar surface area (TPSA) is 21.3 Å². The van der Waals surface area contributed by atoms with E-state index in [2.05, 4.69) is 37.9 Å².